The molecule has 0 aromatic carbocycles. The van der Waals surface area contributed by atoms with Crippen molar-refractivity contribution in [1.82, 2.24) is 10.9 Å². The molecule has 0 saturated carbocycles. The normalized spacial score (nSPS) is 11.1. The fourth-order valence-electron chi connectivity index (χ4n) is 0.184. The zero-order valence-corrected chi connectivity index (χ0v) is 4.54. The van der Waals surface area contributed by atoms with Crippen LogP contribution in [0.3, 0.4) is 0 Å². The predicted molar refractivity (Wildman–Crippen MR) is 23.3 cm³/mol. The van der Waals surface area contributed by atoms with Crippen LogP contribution < -0.4 is 10.9 Å². The Morgan fingerprint density at radius 1 is 1.44 bits per heavy atom. The van der Waals surface area contributed by atoms with Gasteiger partial charge < -0.3 is 0 Å². The van der Waals surface area contributed by atoms with Crippen molar-refractivity contribution >= 4 is 5.91 Å². The van der Waals surface area contributed by atoms with Crippen LogP contribution >= 0.6 is 0 Å². The van der Waals surface area contributed by atoms with Gasteiger partial charge in [0.25, 0.3) is 0 Å². The van der Waals surface area contributed by atoms with E-state index in [0.29, 0.717) is 0 Å². The molecule has 0 aliphatic rings. The van der Waals surface area contributed by atoms with Crippen LogP contribution in [0.25, 0.3) is 0 Å². The van der Waals surface area contributed by atoms with Crippen LogP contribution in [0.15, 0.2) is 0 Å². The molecule has 6 heteroatoms. The Morgan fingerprint density at radius 2 is 1.89 bits per heavy atom. The molecule has 0 aromatic rings. The number of carbonyl (C=O) groups is 1. The lowest BCUT2D eigenvalue weighted by Gasteiger charge is -2.04. The summed E-state index contributed by atoms with van der Waals surface area (Å²) in [6, 6.07) is 0. The third-order valence-corrected chi connectivity index (χ3v) is 0.496. The number of hydrogen-bond donors (Lipinski definition) is 2. The number of halogens is 3. The lowest BCUT2D eigenvalue weighted by Crippen LogP contribution is -2.43. The molecule has 0 radical (unpaired) electrons. The molecular formula is C3H5F3N2O. The first kappa shape index (κ1) is 8.22. The zero-order chi connectivity index (χ0) is 7.49. The van der Waals surface area contributed by atoms with E-state index in [1.807, 2.05) is 5.43 Å². The Kier molecular flexibility index (Phi) is 2.44. The molecule has 0 bridgehead atoms. The molecule has 0 unspecified atom stereocenters. The lowest BCUT2D eigenvalue weighted by molar-refractivity contribution is -0.174. The molecule has 0 aliphatic carbocycles. The Balaban J connectivity index is 3.74. The minimum absolute atomic E-state index is 1.17. The van der Waals surface area contributed by atoms with Gasteiger partial charge in [-0.05, 0) is 0 Å². The van der Waals surface area contributed by atoms with E-state index in [4.69, 9.17) is 0 Å². The number of amides is 1. The maximum absolute atomic E-state index is 11.2. The van der Waals surface area contributed by atoms with Crippen molar-refractivity contribution in [3.05, 3.63) is 0 Å². The van der Waals surface area contributed by atoms with E-state index in [1.165, 1.54) is 12.5 Å². The molecule has 0 saturated heterocycles. The molecule has 9 heavy (non-hydrogen) atoms. The topological polar surface area (TPSA) is 41.1 Å². The first-order valence-electron chi connectivity index (χ1n) is 2.02. The fraction of sp³-hybridized carbons (Fsp3) is 0.667. The van der Waals surface area contributed by atoms with Crippen molar-refractivity contribution in [1.29, 1.82) is 0 Å². The van der Waals surface area contributed by atoms with Gasteiger partial charge in [-0.15, -0.1) is 0 Å². The van der Waals surface area contributed by atoms with Crippen molar-refractivity contribution in [2.24, 2.45) is 0 Å². The molecule has 54 valence electrons. The summed E-state index contributed by atoms with van der Waals surface area (Å²) in [5.74, 6) is -2.00. The largest absolute Gasteiger partial charge is 0.472 e. The van der Waals surface area contributed by atoms with Gasteiger partial charge in [0.1, 0.15) is 0 Å². The third-order valence-electron chi connectivity index (χ3n) is 0.496. The number of rotatable bonds is 1. The highest BCUT2D eigenvalue weighted by molar-refractivity contribution is 5.81. The van der Waals surface area contributed by atoms with Gasteiger partial charge in [0.15, 0.2) is 0 Å². The number of alkyl halides is 3. The van der Waals surface area contributed by atoms with E-state index in [9.17, 15) is 18.0 Å². The number of hydrogen-bond acceptors (Lipinski definition) is 2. The van der Waals surface area contributed by atoms with Gasteiger partial charge in [0.2, 0.25) is 0 Å². The third kappa shape index (κ3) is 2.91. The lowest BCUT2D eigenvalue weighted by atomic mass is 10.6. The van der Waals surface area contributed by atoms with Gasteiger partial charge in [-0.3, -0.25) is 10.2 Å². The second kappa shape index (κ2) is 2.67. The maximum atomic E-state index is 11.2. The molecule has 1 amide bonds. The van der Waals surface area contributed by atoms with Crippen LogP contribution in [0.4, 0.5) is 13.2 Å². The van der Waals surface area contributed by atoms with E-state index in [-0.39, 0.29) is 0 Å². The molecule has 0 spiro atoms. The van der Waals surface area contributed by atoms with Gasteiger partial charge in [0, 0.05) is 7.05 Å². The smallest absolute Gasteiger partial charge is 0.284 e. The highest BCUT2D eigenvalue weighted by atomic mass is 19.4. The summed E-state index contributed by atoms with van der Waals surface area (Å²) < 4.78 is 33.6. The van der Waals surface area contributed by atoms with E-state index >= 15 is 0 Å². The minimum atomic E-state index is -4.80. The van der Waals surface area contributed by atoms with Gasteiger partial charge in [-0.1, -0.05) is 0 Å². The van der Waals surface area contributed by atoms with Crippen LogP contribution in [0.5, 0.6) is 0 Å². The first-order chi connectivity index (χ1) is 3.98. The molecule has 0 heterocycles. The molecule has 3 nitrogen and oxygen atoms in total. The van der Waals surface area contributed by atoms with Crippen molar-refractivity contribution < 1.29 is 18.0 Å². The van der Waals surface area contributed by atoms with E-state index in [2.05, 4.69) is 0 Å². The summed E-state index contributed by atoms with van der Waals surface area (Å²) in [5.41, 5.74) is 3.23. The Bertz CT molecular complexity index is 110. The number of carbonyl (C=O) groups excluding carboxylic acids is 1. The summed E-state index contributed by atoms with van der Waals surface area (Å²) >= 11 is 0. The van der Waals surface area contributed by atoms with Crippen LogP contribution in [-0.2, 0) is 4.79 Å². The van der Waals surface area contributed by atoms with Crippen LogP contribution in [-0.4, -0.2) is 19.1 Å². The molecule has 0 aliphatic heterocycles. The minimum Gasteiger partial charge on any atom is -0.284 e. The summed E-state index contributed by atoms with van der Waals surface area (Å²) in [5, 5.41) is 0. The van der Waals surface area contributed by atoms with Crippen LogP contribution in [0.1, 0.15) is 0 Å². The van der Waals surface area contributed by atoms with Crippen molar-refractivity contribution in [3.8, 4) is 0 Å². The molecule has 0 atom stereocenters. The predicted octanol–water partition coefficient (Wildman–Crippen LogP) is -0.201. The fourth-order valence-corrected chi connectivity index (χ4v) is 0.184. The Labute approximate surface area is 49.2 Å². The van der Waals surface area contributed by atoms with E-state index in [0.717, 1.165) is 0 Å². The van der Waals surface area contributed by atoms with Gasteiger partial charge in [0.05, 0.1) is 0 Å². The summed E-state index contributed by atoms with van der Waals surface area (Å²) in [7, 11) is 1.17. The highest BCUT2D eigenvalue weighted by Gasteiger charge is 2.38. The number of hydrazine groups is 1. The molecular weight excluding hydrogens is 137 g/mol. The van der Waals surface area contributed by atoms with Gasteiger partial charge in [-0.25, -0.2) is 5.43 Å². The highest BCUT2D eigenvalue weighted by Crippen LogP contribution is 2.13. The molecule has 0 rings (SSSR count). The second-order valence-electron chi connectivity index (χ2n) is 1.20. The first-order valence-corrected chi connectivity index (χ1v) is 2.02. The average molecular weight is 142 g/mol. The van der Waals surface area contributed by atoms with Gasteiger partial charge >= 0.3 is 12.1 Å². The van der Waals surface area contributed by atoms with Crippen LogP contribution in [0, 0.1) is 0 Å². The Hall–Kier alpha value is -0.780. The van der Waals surface area contributed by atoms with Gasteiger partial charge in [-0.2, -0.15) is 13.2 Å². The standard InChI is InChI=1S/C3H5F3N2O/c1-7-8-2(9)3(4,5)6/h7H,1H3,(H,8,9). The Morgan fingerprint density at radius 3 is 2.00 bits per heavy atom. The van der Waals surface area contributed by atoms with E-state index in [1.54, 1.807) is 0 Å². The second-order valence-corrected chi connectivity index (χ2v) is 1.20. The average Bonchev–Trinajstić information content (AvgIpc) is 1.64. The summed E-state index contributed by atoms with van der Waals surface area (Å²) in [4.78, 5) is 9.77. The summed E-state index contributed by atoms with van der Waals surface area (Å²) in [6.45, 7) is 0. The SMILES string of the molecule is CNNC(=O)C(F)(F)F. The van der Waals surface area contributed by atoms with Crippen molar-refractivity contribution in [3.63, 3.8) is 0 Å². The molecule has 0 aromatic heterocycles. The summed E-state index contributed by atoms with van der Waals surface area (Å²) in [6.07, 6.45) is -4.80. The zero-order valence-electron chi connectivity index (χ0n) is 4.54. The van der Waals surface area contributed by atoms with Crippen molar-refractivity contribution in [2.75, 3.05) is 7.05 Å². The van der Waals surface area contributed by atoms with Crippen molar-refractivity contribution in [2.45, 2.75) is 6.18 Å². The molecule has 2 N–H and O–H groups in total. The number of nitrogens with one attached hydrogen (secondary N) is 2. The van der Waals surface area contributed by atoms with Crippen LogP contribution in [0.2, 0.25) is 0 Å². The van der Waals surface area contributed by atoms with E-state index < -0.39 is 12.1 Å². The molecule has 0 fully saturated rings. The monoisotopic (exact) mass is 142 g/mol. The quantitative estimate of drug-likeness (QED) is 0.498. The maximum Gasteiger partial charge on any atom is 0.472 e.